The number of amidine groups is 1. The maximum absolute atomic E-state index is 12.1. The second-order valence-corrected chi connectivity index (χ2v) is 7.23. The van der Waals surface area contributed by atoms with Gasteiger partial charge >= 0.3 is 0 Å². The van der Waals surface area contributed by atoms with E-state index >= 15 is 0 Å². The van der Waals surface area contributed by atoms with E-state index in [1.807, 2.05) is 48.5 Å². The fourth-order valence-corrected chi connectivity index (χ4v) is 2.79. The predicted molar refractivity (Wildman–Crippen MR) is 97.5 cm³/mol. The lowest BCUT2D eigenvalue weighted by Crippen LogP contribution is -2.40. The van der Waals surface area contributed by atoms with Crippen molar-refractivity contribution in [2.75, 3.05) is 6.61 Å². The Hall–Kier alpha value is -2.82. The summed E-state index contributed by atoms with van der Waals surface area (Å²) >= 11 is 0. The van der Waals surface area contributed by atoms with Crippen LogP contribution in [0.5, 0.6) is 5.75 Å². The number of hydrazine groups is 1. The molecule has 0 radical (unpaired) electrons. The molecule has 1 amide bonds. The highest BCUT2D eigenvalue weighted by Crippen LogP contribution is 2.24. The van der Waals surface area contributed by atoms with Crippen LogP contribution in [0.1, 0.15) is 37.5 Å². The van der Waals surface area contributed by atoms with E-state index in [2.05, 4.69) is 26.2 Å². The van der Waals surface area contributed by atoms with Gasteiger partial charge in [0.1, 0.15) is 12.3 Å². The number of nitrogens with one attached hydrogen (secondary N) is 1. The second kappa shape index (κ2) is 6.59. The fraction of sp³-hybridized carbons (Fsp3) is 0.300. The third-order valence-electron chi connectivity index (χ3n) is 4.26. The summed E-state index contributed by atoms with van der Waals surface area (Å²) < 4.78 is 7.22. The molecular formula is C20H24N3O2+. The van der Waals surface area contributed by atoms with Crippen molar-refractivity contribution in [1.82, 2.24) is 5.43 Å². The van der Waals surface area contributed by atoms with Crippen LogP contribution in [0, 0.1) is 0 Å². The van der Waals surface area contributed by atoms with Gasteiger partial charge in [-0.25, -0.2) is 0 Å². The number of hydrazone groups is 1. The Labute approximate surface area is 148 Å². The van der Waals surface area contributed by atoms with Crippen molar-refractivity contribution in [2.45, 2.75) is 32.7 Å². The topological polar surface area (TPSA) is 67.4 Å². The number of nitrogens with two attached hydrogens (primary N) is 1. The quantitative estimate of drug-likeness (QED) is 0.841. The number of carbonyl (C=O) groups is 1. The van der Waals surface area contributed by atoms with E-state index in [1.165, 1.54) is 5.56 Å². The molecule has 0 saturated heterocycles. The van der Waals surface area contributed by atoms with Crippen LogP contribution in [0.25, 0.3) is 0 Å². The molecule has 0 aliphatic carbocycles. The van der Waals surface area contributed by atoms with Crippen LogP contribution in [0.4, 0.5) is 0 Å². The van der Waals surface area contributed by atoms with E-state index in [1.54, 1.807) is 4.68 Å². The first-order valence-electron chi connectivity index (χ1n) is 8.35. The summed E-state index contributed by atoms with van der Waals surface area (Å²) in [7, 11) is 0. The summed E-state index contributed by atoms with van der Waals surface area (Å²) in [6.07, 6.45) is 0. The van der Waals surface area contributed by atoms with Crippen LogP contribution in [-0.2, 0) is 16.8 Å². The number of ether oxygens (including phenoxy) is 1. The zero-order valence-corrected chi connectivity index (χ0v) is 14.9. The fourth-order valence-electron chi connectivity index (χ4n) is 2.79. The van der Waals surface area contributed by atoms with Gasteiger partial charge < -0.3 is 4.74 Å². The molecule has 1 aliphatic rings. The molecule has 0 unspecified atom stereocenters. The molecule has 0 aromatic heterocycles. The Morgan fingerprint density at radius 2 is 1.84 bits per heavy atom. The summed E-state index contributed by atoms with van der Waals surface area (Å²) in [6, 6.07) is 15.7. The van der Waals surface area contributed by atoms with Crippen LogP contribution in [-0.4, -0.2) is 23.0 Å². The Balaban J connectivity index is 1.57. The average molecular weight is 338 g/mol. The summed E-state index contributed by atoms with van der Waals surface area (Å²) in [6.45, 7) is 6.98. The molecule has 5 nitrogen and oxygen atoms in total. The molecule has 25 heavy (non-hydrogen) atoms. The molecule has 1 aliphatic heterocycles. The molecule has 3 rings (SSSR count). The van der Waals surface area contributed by atoms with Crippen molar-refractivity contribution in [3.8, 4) is 5.75 Å². The molecule has 3 N–H and O–H groups in total. The molecule has 2 aromatic carbocycles. The van der Waals surface area contributed by atoms with E-state index < -0.39 is 0 Å². The maximum atomic E-state index is 12.1. The highest BCUT2D eigenvalue weighted by Gasteiger charge is 2.25. The summed E-state index contributed by atoms with van der Waals surface area (Å²) in [5, 5.41) is 0. The first kappa shape index (κ1) is 17.0. The zero-order valence-electron chi connectivity index (χ0n) is 14.9. The Kier molecular flexibility index (Phi) is 4.49. The summed E-state index contributed by atoms with van der Waals surface area (Å²) in [5.41, 5.74) is 12.3. The average Bonchev–Trinajstić information content (AvgIpc) is 2.89. The molecule has 0 spiro atoms. The SMILES string of the molecule is CC(C)(C)c1ccc(OCC(=O)N[N+]2=C(N)c3ccccc3C2)cc1. The molecule has 0 fully saturated rings. The standard InChI is InChI=1S/C20H23N3O2/c1-20(2,3)15-8-10-16(11-9-15)25-13-18(24)22-23-12-14-6-4-5-7-17(14)19(23)21/h4-11,21H,12-13H2,1-3H3,(H,22,24)/p+1. The number of hydrogen-bond acceptors (Lipinski definition) is 3. The molecule has 0 atom stereocenters. The van der Waals surface area contributed by atoms with Crippen molar-refractivity contribution in [1.29, 1.82) is 0 Å². The number of rotatable bonds is 4. The van der Waals surface area contributed by atoms with Gasteiger partial charge in [-0.15, -0.1) is 0 Å². The van der Waals surface area contributed by atoms with Gasteiger partial charge in [-0.2, -0.15) is 10.1 Å². The van der Waals surface area contributed by atoms with Crippen molar-refractivity contribution in [3.05, 3.63) is 65.2 Å². The minimum atomic E-state index is -0.240. The zero-order chi connectivity index (χ0) is 18.0. The minimum Gasteiger partial charge on any atom is -0.484 e. The maximum Gasteiger partial charge on any atom is 0.299 e. The van der Waals surface area contributed by atoms with Gasteiger partial charge in [0.25, 0.3) is 11.7 Å². The number of carbonyl (C=O) groups excluding carboxylic acids is 1. The smallest absolute Gasteiger partial charge is 0.299 e. The Bertz CT molecular complexity index is 818. The van der Waals surface area contributed by atoms with Gasteiger partial charge in [0.2, 0.25) is 0 Å². The summed E-state index contributed by atoms with van der Waals surface area (Å²) in [4.78, 5) is 12.1. The highest BCUT2D eigenvalue weighted by atomic mass is 16.5. The van der Waals surface area contributed by atoms with Gasteiger partial charge in [-0.05, 0) is 29.2 Å². The van der Waals surface area contributed by atoms with Crippen molar-refractivity contribution >= 4 is 11.7 Å². The van der Waals surface area contributed by atoms with E-state index in [0.29, 0.717) is 18.1 Å². The second-order valence-electron chi connectivity index (χ2n) is 7.23. The van der Waals surface area contributed by atoms with E-state index in [-0.39, 0.29) is 17.9 Å². The largest absolute Gasteiger partial charge is 0.484 e. The van der Waals surface area contributed by atoms with Crippen molar-refractivity contribution in [3.63, 3.8) is 0 Å². The Morgan fingerprint density at radius 3 is 2.48 bits per heavy atom. The van der Waals surface area contributed by atoms with E-state index in [4.69, 9.17) is 10.5 Å². The molecular weight excluding hydrogens is 314 g/mol. The van der Waals surface area contributed by atoms with Crippen LogP contribution in [0.3, 0.4) is 0 Å². The van der Waals surface area contributed by atoms with Gasteiger partial charge in [0.05, 0.1) is 5.56 Å². The number of nitrogens with zero attached hydrogens (tertiary/aromatic N) is 1. The third-order valence-corrected chi connectivity index (χ3v) is 4.26. The third kappa shape index (κ3) is 3.82. The lowest BCUT2D eigenvalue weighted by atomic mass is 9.87. The lowest BCUT2D eigenvalue weighted by Gasteiger charge is -2.19. The predicted octanol–water partition coefficient (Wildman–Crippen LogP) is 2.33. The van der Waals surface area contributed by atoms with Gasteiger partial charge in [0, 0.05) is 5.56 Å². The molecule has 2 aromatic rings. The molecule has 5 heteroatoms. The van der Waals surface area contributed by atoms with E-state index in [0.717, 1.165) is 11.1 Å². The van der Waals surface area contributed by atoms with Gasteiger partial charge in [-0.3, -0.25) is 10.5 Å². The molecule has 0 saturated carbocycles. The van der Waals surface area contributed by atoms with Crippen LogP contribution < -0.4 is 15.9 Å². The van der Waals surface area contributed by atoms with Crippen LogP contribution in [0.15, 0.2) is 48.5 Å². The monoisotopic (exact) mass is 338 g/mol. The van der Waals surface area contributed by atoms with Gasteiger partial charge in [-0.1, -0.05) is 51.1 Å². The number of hydrogen-bond donors (Lipinski definition) is 2. The Morgan fingerprint density at radius 1 is 1.16 bits per heavy atom. The van der Waals surface area contributed by atoms with Crippen LogP contribution >= 0.6 is 0 Å². The normalized spacial score (nSPS) is 13.6. The van der Waals surface area contributed by atoms with Crippen LogP contribution in [0.2, 0.25) is 0 Å². The molecule has 130 valence electrons. The number of benzene rings is 2. The number of fused-ring (bicyclic) bond motifs is 1. The van der Waals surface area contributed by atoms with Crippen molar-refractivity contribution in [2.24, 2.45) is 5.73 Å². The van der Waals surface area contributed by atoms with Gasteiger partial charge in [0.15, 0.2) is 6.61 Å². The first-order valence-corrected chi connectivity index (χ1v) is 8.35. The number of amides is 1. The lowest BCUT2D eigenvalue weighted by molar-refractivity contribution is -0.586. The van der Waals surface area contributed by atoms with E-state index in [9.17, 15) is 4.79 Å². The highest BCUT2D eigenvalue weighted by molar-refractivity contribution is 5.96. The summed E-state index contributed by atoms with van der Waals surface area (Å²) in [5.74, 6) is 0.985. The molecule has 1 heterocycles. The minimum absolute atomic E-state index is 0.0605. The molecule has 0 bridgehead atoms. The van der Waals surface area contributed by atoms with Crippen molar-refractivity contribution < 1.29 is 14.2 Å². The first-order chi connectivity index (χ1) is 11.8.